The molecule has 4 rings (SSSR count). The maximum atomic E-state index is 12.6. The molecular weight excluding hydrogens is 895 g/mol. The van der Waals surface area contributed by atoms with Gasteiger partial charge >= 0.3 is 0 Å². The average molecular weight is 938 g/mol. The van der Waals surface area contributed by atoms with Crippen LogP contribution in [-0.2, 0) is 56.4 Å². The van der Waals surface area contributed by atoms with Crippen LogP contribution in [0.5, 0.6) is 0 Å². The molecule has 2 fully saturated rings. The molecule has 4 heterocycles. The predicted octanol–water partition coefficient (Wildman–Crippen LogP) is -2.10. The van der Waals surface area contributed by atoms with Gasteiger partial charge in [-0.2, -0.15) is 0 Å². The maximum absolute atomic E-state index is 12.6. The number of rotatable bonds is 21. The number of nitrogens with one attached hydrogen (secondary N) is 2. The van der Waals surface area contributed by atoms with Crippen molar-refractivity contribution in [2.45, 2.75) is 74.8 Å². The maximum Gasteiger partial charge on any atom is 0.274 e. The standard InChI is InChI=1S/C28H46N7O17P3S3/c1-27(2,23(39)26(40)31-6-5-17(36)30-7-10-56-18(37)11-19-57-8-4-9-58-19)13-49-55(46,47)52-54(44,45)48-12-16-21(51-53(41,42)43)22(38)28(3,50-16)35-15-34-20-24(29)32-14-33-25(20)35/h14-16,19,21-23,38-39H,4-13H2,1-3H3,(H,30,36)(H,31,40)(H,44,45)(H,46,47)(H2,29,32,33)(H2,41,42,43)/p-4. The average Bonchev–Trinajstić information content (AvgIpc) is 3.68. The van der Waals surface area contributed by atoms with E-state index in [1.165, 1.54) is 20.8 Å². The molecule has 2 aromatic heterocycles. The largest absolute Gasteiger partial charge is 0.790 e. The fraction of sp³-hybridized carbons (Fsp3) is 0.714. The van der Waals surface area contributed by atoms with E-state index in [-0.39, 0.29) is 46.2 Å². The lowest BCUT2D eigenvalue weighted by Crippen LogP contribution is -2.46. The Bertz CT molecular complexity index is 1920. The third-order valence-corrected chi connectivity index (χ3v) is 15.3. The minimum atomic E-state index is -5.93. The number of carbonyl (C=O) groups is 3. The fourth-order valence-corrected chi connectivity index (χ4v) is 11.9. The van der Waals surface area contributed by atoms with Crippen LogP contribution in [0.4, 0.5) is 5.82 Å². The van der Waals surface area contributed by atoms with Crippen LogP contribution >= 0.6 is 58.8 Å². The normalized spacial score (nSPS) is 24.5. The van der Waals surface area contributed by atoms with E-state index in [1.54, 1.807) is 23.5 Å². The van der Waals surface area contributed by atoms with Crippen molar-refractivity contribution < 1.29 is 80.5 Å². The Morgan fingerprint density at radius 1 is 1.10 bits per heavy atom. The van der Waals surface area contributed by atoms with Gasteiger partial charge in [-0.15, -0.1) is 23.5 Å². The number of hydrogen-bond acceptors (Lipinski definition) is 24. The summed E-state index contributed by atoms with van der Waals surface area (Å²) in [6.45, 7) is 1.32. The van der Waals surface area contributed by atoms with Gasteiger partial charge in [0.1, 0.15) is 36.3 Å². The van der Waals surface area contributed by atoms with Gasteiger partial charge in [-0.3, -0.25) is 28.1 Å². The van der Waals surface area contributed by atoms with E-state index in [1.807, 2.05) is 0 Å². The van der Waals surface area contributed by atoms with E-state index in [4.69, 9.17) is 10.5 Å². The van der Waals surface area contributed by atoms with Crippen molar-refractivity contribution in [1.82, 2.24) is 30.2 Å². The second-order valence-corrected chi connectivity index (χ2v) is 21.6. The quantitative estimate of drug-likeness (QED) is 0.0661. The SMILES string of the molecule is CC(C)(COP(=O)([O-])OP(=O)([O-])OCC1OC(C)(n2cnc3c(N)ncnc32)C(O)C1OP(=O)([O-])[O-])C(O)C(=O)NCCC(=O)NCCSC(=O)CC1SCCCS1. The summed E-state index contributed by atoms with van der Waals surface area (Å²) in [6.07, 6.45) is -4.48. The van der Waals surface area contributed by atoms with Crippen molar-refractivity contribution >= 4 is 92.7 Å². The first-order valence-corrected chi connectivity index (χ1v) is 24.6. The molecular formula is C28H42N7O17P3S3-4. The van der Waals surface area contributed by atoms with E-state index < -0.39 is 84.1 Å². The van der Waals surface area contributed by atoms with Gasteiger partial charge < -0.3 is 69.0 Å². The predicted molar refractivity (Wildman–Crippen MR) is 201 cm³/mol. The number of carbonyl (C=O) groups excluding carboxylic acids is 3. The molecule has 7 unspecified atom stereocenters. The first kappa shape index (κ1) is 48.9. The van der Waals surface area contributed by atoms with Crippen LogP contribution in [0.1, 0.15) is 40.0 Å². The van der Waals surface area contributed by atoms with E-state index in [0.717, 1.165) is 46.9 Å². The number of nitrogens with zero attached hydrogens (tertiary/aromatic N) is 4. The Morgan fingerprint density at radius 3 is 2.45 bits per heavy atom. The molecule has 0 saturated carbocycles. The molecule has 2 saturated heterocycles. The highest BCUT2D eigenvalue weighted by atomic mass is 32.2. The number of nitrogens with two attached hydrogens (primary N) is 1. The van der Waals surface area contributed by atoms with Gasteiger partial charge in [-0.1, -0.05) is 25.6 Å². The Hall–Kier alpha value is -1.74. The second kappa shape index (κ2) is 20.4. The van der Waals surface area contributed by atoms with Crippen molar-refractivity contribution in [3.63, 3.8) is 0 Å². The highest BCUT2D eigenvalue weighted by Crippen LogP contribution is 2.56. The van der Waals surface area contributed by atoms with E-state index >= 15 is 0 Å². The van der Waals surface area contributed by atoms with Crippen LogP contribution in [0.2, 0.25) is 0 Å². The van der Waals surface area contributed by atoms with Gasteiger partial charge in [0.15, 0.2) is 22.3 Å². The molecule has 30 heteroatoms. The molecule has 0 bridgehead atoms. The van der Waals surface area contributed by atoms with Crippen LogP contribution in [0, 0.1) is 5.41 Å². The molecule has 2 aliphatic heterocycles. The van der Waals surface area contributed by atoms with Crippen molar-refractivity contribution in [3.8, 4) is 0 Å². The Balaban J connectivity index is 1.23. The summed E-state index contributed by atoms with van der Waals surface area (Å²) in [6, 6.07) is 0. The van der Waals surface area contributed by atoms with E-state index in [0.29, 0.717) is 12.2 Å². The van der Waals surface area contributed by atoms with Crippen LogP contribution in [0.25, 0.3) is 11.2 Å². The number of thioether (sulfide) groups is 3. The summed E-state index contributed by atoms with van der Waals surface area (Å²) in [7, 11) is -17.7. The van der Waals surface area contributed by atoms with Crippen molar-refractivity contribution in [1.29, 1.82) is 0 Å². The van der Waals surface area contributed by atoms with Gasteiger partial charge in [0.25, 0.3) is 15.6 Å². The molecule has 2 aliphatic rings. The number of hydrogen-bond donors (Lipinski definition) is 5. The van der Waals surface area contributed by atoms with E-state index in [2.05, 4.69) is 43.5 Å². The van der Waals surface area contributed by atoms with Crippen LogP contribution in [0.3, 0.4) is 0 Å². The molecule has 58 heavy (non-hydrogen) atoms. The summed E-state index contributed by atoms with van der Waals surface area (Å²) < 4.78 is 61.4. The lowest BCUT2D eigenvalue weighted by atomic mass is 9.87. The second-order valence-electron chi connectivity index (χ2n) is 13.5. The number of phosphoric ester groups is 3. The van der Waals surface area contributed by atoms with Gasteiger partial charge in [0.2, 0.25) is 11.8 Å². The zero-order chi connectivity index (χ0) is 43.1. The Labute approximate surface area is 344 Å². The summed E-state index contributed by atoms with van der Waals surface area (Å²) in [4.78, 5) is 96.8. The smallest absolute Gasteiger partial charge is 0.274 e. The van der Waals surface area contributed by atoms with Crippen molar-refractivity contribution in [2.24, 2.45) is 5.41 Å². The number of amides is 2. The summed E-state index contributed by atoms with van der Waals surface area (Å²) in [5, 5.41) is 26.6. The minimum Gasteiger partial charge on any atom is -0.790 e. The molecule has 24 nitrogen and oxygen atoms in total. The fourth-order valence-electron chi connectivity index (χ4n) is 5.43. The lowest BCUT2D eigenvalue weighted by Gasteiger charge is -2.36. The number of anilines is 1. The molecule has 0 spiro atoms. The minimum absolute atomic E-state index is 0.0310. The third-order valence-electron chi connectivity index (χ3n) is 8.46. The number of aliphatic hydroxyl groups excluding tert-OH is 2. The molecule has 0 aromatic carbocycles. The van der Waals surface area contributed by atoms with Crippen LogP contribution < -0.4 is 35.9 Å². The van der Waals surface area contributed by atoms with Gasteiger partial charge in [-0.05, 0) is 24.9 Å². The topological polar surface area (TPSA) is 375 Å². The summed E-state index contributed by atoms with van der Waals surface area (Å²) in [5.74, 6) is 0.904. The first-order valence-electron chi connectivity index (χ1n) is 17.2. The number of aromatic nitrogens is 4. The zero-order valence-electron chi connectivity index (χ0n) is 31.1. The lowest BCUT2D eigenvalue weighted by molar-refractivity contribution is -0.347. The Kier molecular flexibility index (Phi) is 17.2. The highest BCUT2D eigenvalue weighted by molar-refractivity contribution is 8.18. The van der Waals surface area contributed by atoms with Gasteiger partial charge in [-0.25, -0.2) is 19.3 Å². The number of imidazole rings is 1. The number of nitrogen functional groups attached to an aromatic ring is 1. The zero-order valence-corrected chi connectivity index (χ0v) is 36.2. The molecule has 6 N–H and O–H groups in total. The monoisotopic (exact) mass is 937 g/mol. The molecule has 0 aliphatic carbocycles. The molecule has 2 amide bonds. The molecule has 0 radical (unpaired) electrons. The molecule has 2 aromatic rings. The highest BCUT2D eigenvalue weighted by Gasteiger charge is 2.55. The number of phosphoric acid groups is 3. The summed E-state index contributed by atoms with van der Waals surface area (Å²) >= 11 is 4.65. The number of aliphatic hydroxyl groups is 2. The van der Waals surface area contributed by atoms with Crippen molar-refractivity contribution in [3.05, 3.63) is 12.7 Å². The summed E-state index contributed by atoms with van der Waals surface area (Å²) in [5.41, 5.74) is 2.04. The molecule has 328 valence electrons. The van der Waals surface area contributed by atoms with E-state index in [9.17, 15) is 57.9 Å². The molecule has 7 atom stereocenters. The number of fused-ring (bicyclic) bond motifs is 1. The first-order chi connectivity index (χ1) is 26.9. The van der Waals surface area contributed by atoms with Crippen LogP contribution in [-0.4, -0.2) is 119 Å². The van der Waals surface area contributed by atoms with Crippen LogP contribution in [0.15, 0.2) is 12.7 Å². The van der Waals surface area contributed by atoms with Gasteiger partial charge in [0, 0.05) is 37.1 Å². The third kappa shape index (κ3) is 13.9. The van der Waals surface area contributed by atoms with Gasteiger partial charge in [0.05, 0.1) is 31.9 Å². The van der Waals surface area contributed by atoms with Crippen molar-refractivity contribution in [2.75, 3.05) is 49.3 Å². The Morgan fingerprint density at radius 2 is 1.78 bits per heavy atom. The number of ether oxygens (including phenoxy) is 1.